The van der Waals surface area contributed by atoms with Gasteiger partial charge in [-0.25, -0.2) is 8.78 Å². The molecule has 3 fully saturated rings. The van der Waals surface area contributed by atoms with Crippen LogP contribution in [0.5, 0.6) is 0 Å². The molecule has 3 rings (SSSR count). The summed E-state index contributed by atoms with van der Waals surface area (Å²) in [6.45, 7) is 7.16. The molecule has 3 atom stereocenters. The number of halogens is 2. The number of carbonyl (C=O) groups excluding carboxylic acids is 1. The minimum Gasteiger partial charge on any atom is -0.379 e. The monoisotopic (exact) mass is 332 g/mol. The van der Waals surface area contributed by atoms with Gasteiger partial charge in [-0.15, -0.1) is 0 Å². The molecular weight excluding hydrogens is 306 g/mol. The molecule has 1 aliphatic carbocycles. The van der Waals surface area contributed by atoms with Gasteiger partial charge < -0.3 is 14.8 Å². The first-order valence-electron chi connectivity index (χ1n) is 8.43. The minimum atomic E-state index is -2.68. The van der Waals surface area contributed by atoms with E-state index in [-0.39, 0.29) is 18.6 Å². The number of amides is 1. The maximum absolute atomic E-state index is 13.5. The van der Waals surface area contributed by atoms with Crippen molar-refractivity contribution in [3.05, 3.63) is 0 Å². The molecule has 7 heteroatoms. The maximum Gasteiger partial charge on any atom is 0.258 e. The van der Waals surface area contributed by atoms with Crippen LogP contribution in [0.25, 0.3) is 0 Å². The summed E-state index contributed by atoms with van der Waals surface area (Å²) < 4.78 is 38.2. The third kappa shape index (κ3) is 3.37. The molecule has 0 aromatic rings. The zero-order chi connectivity index (χ0) is 16.7. The third-order valence-electron chi connectivity index (χ3n) is 5.53. The molecule has 2 aliphatic heterocycles. The van der Waals surface area contributed by atoms with Crippen molar-refractivity contribution in [3.63, 3.8) is 0 Å². The molecule has 1 N–H and O–H groups in total. The smallest absolute Gasteiger partial charge is 0.258 e. The first-order valence-corrected chi connectivity index (χ1v) is 8.43. The standard InChI is InChI=1S/C16H26F2N2O3/c1-15(2)13(16(15,17)18)9-19-14(21)12-4-3-11(23-12)10-20-5-7-22-8-6-20/h11-13H,3-10H2,1-2H3,(H,19,21)/t11-,12+,13?/m1/s1. The number of morpholine rings is 1. The predicted molar refractivity (Wildman–Crippen MR) is 80.4 cm³/mol. The zero-order valence-corrected chi connectivity index (χ0v) is 13.8. The van der Waals surface area contributed by atoms with Crippen molar-refractivity contribution in [1.82, 2.24) is 10.2 Å². The molecule has 0 aromatic carbocycles. The molecule has 1 amide bonds. The number of ether oxygens (including phenoxy) is 2. The van der Waals surface area contributed by atoms with E-state index in [1.807, 2.05) is 0 Å². The number of nitrogens with zero attached hydrogens (tertiary/aromatic N) is 1. The van der Waals surface area contributed by atoms with Crippen molar-refractivity contribution in [2.24, 2.45) is 11.3 Å². The third-order valence-corrected chi connectivity index (χ3v) is 5.53. The molecule has 0 aromatic heterocycles. The second-order valence-electron chi connectivity index (χ2n) is 7.38. The molecule has 132 valence electrons. The van der Waals surface area contributed by atoms with Crippen LogP contribution in [0.15, 0.2) is 0 Å². The topological polar surface area (TPSA) is 50.8 Å². The number of alkyl halides is 2. The highest BCUT2D eigenvalue weighted by atomic mass is 19.3. The number of hydrogen-bond acceptors (Lipinski definition) is 4. The second-order valence-corrected chi connectivity index (χ2v) is 7.38. The summed E-state index contributed by atoms with van der Waals surface area (Å²) in [4.78, 5) is 14.4. The van der Waals surface area contributed by atoms with Crippen LogP contribution in [0.1, 0.15) is 26.7 Å². The summed E-state index contributed by atoms with van der Waals surface area (Å²) in [5.74, 6) is -3.71. The molecule has 0 bridgehead atoms. The molecule has 1 saturated carbocycles. The Balaban J connectivity index is 1.39. The van der Waals surface area contributed by atoms with E-state index in [0.717, 1.165) is 39.3 Å². The summed E-state index contributed by atoms with van der Waals surface area (Å²) in [5.41, 5.74) is -1.02. The van der Waals surface area contributed by atoms with Crippen molar-refractivity contribution in [2.75, 3.05) is 39.4 Å². The average Bonchev–Trinajstić information content (AvgIpc) is 2.86. The number of hydrogen-bond donors (Lipinski definition) is 1. The Bertz CT molecular complexity index is 439. The normalized spacial score (nSPS) is 35.9. The van der Waals surface area contributed by atoms with Gasteiger partial charge in [0.05, 0.1) is 25.2 Å². The van der Waals surface area contributed by atoms with Crippen LogP contribution in [0.4, 0.5) is 8.78 Å². The fraction of sp³-hybridized carbons (Fsp3) is 0.938. The number of rotatable bonds is 5. The van der Waals surface area contributed by atoms with Crippen molar-refractivity contribution in [3.8, 4) is 0 Å². The van der Waals surface area contributed by atoms with Gasteiger partial charge in [0.15, 0.2) is 0 Å². The van der Waals surface area contributed by atoms with Gasteiger partial charge in [-0.3, -0.25) is 9.69 Å². The molecule has 5 nitrogen and oxygen atoms in total. The van der Waals surface area contributed by atoms with Gasteiger partial charge in [0.2, 0.25) is 5.91 Å². The fourth-order valence-electron chi connectivity index (χ4n) is 3.56. The van der Waals surface area contributed by atoms with Gasteiger partial charge in [0.1, 0.15) is 6.10 Å². The highest BCUT2D eigenvalue weighted by Crippen LogP contribution is 2.65. The first kappa shape index (κ1) is 17.0. The highest BCUT2D eigenvalue weighted by Gasteiger charge is 2.74. The summed E-state index contributed by atoms with van der Waals surface area (Å²) in [7, 11) is 0. The Kier molecular flexibility index (Phi) is 4.64. The Labute approximate surface area is 135 Å². The van der Waals surface area contributed by atoms with Gasteiger partial charge in [-0.1, -0.05) is 13.8 Å². The van der Waals surface area contributed by atoms with E-state index in [1.165, 1.54) is 13.8 Å². The fourth-order valence-corrected chi connectivity index (χ4v) is 3.56. The lowest BCUT2D eigenvalue weighted by Gasteiger charge is -2.28. The zero-order valence-electron chi connectivity index (χ0n) is 13.8. The molecular formula is C16H26F2N2O3. The molecule has 2 heterocycles. The van der Waals surface area contributed by atoms with Gasteiger partial charge >= 0.3 is 0 Å². The minimum absolute atomic E-state index is 0.0207. The van der Waals surface area contributed by atoms with E-state index in [4.69, 9.17) is 9.47 Å². The molecule has 1 unspecified atom stereocenters. The lowest BCUT2D eigenvalue weighted by molar-refractivity contribution is -0.132. The van der Waals surface area contributed by atoms with Crippen molar-refractivity contribution in [2.45, 2.75) is 44.8 Å². The largest absolute Gasteiger partial charge is 0.379 e. The maximum atomic E-state index is 13.5. The second kappa shape index (κ2) is 6.26. The predicted octanol–water partition coefficient (Wildman–Crippen LogP) is 1.27. The molecule has 0 radical (unpaired) electrons. The van der Waals surface area contributed by atoms with E-state index < -0.39 is 23.4 Å². The lowest BCUT2D eigenvalue weighted by atomic mass is 10.1. The summed E-state index contributed by atoms with van der Waals surface area (Å²) >= 11 is 0. The Morgan fingerprint density at radius 1 is 1.26 bits per heavy atom. The van der Waals surface area contributed by atoms with E-state index in [0.29, 0.717) is 6.42 Å². The van der Waals surface area contributed by atoms with Crippen molar-refractivity contribution < 1.29 is 23.0 Å². The van der Waals surface area contributed by atoms with Crippen molar-refractivity contribution >= 4 is 5.91 Å². The van der Waals surface area contributed by atoms with E-state index >= 15 is 0 Å². The van der Waals surface area contributed by atoms with Crippen molar-refractivity contribution in [1.29, 1.82) is 0 Å². The van der Waals surface area contributed by atoms with Crippen LogP contribution in [-0.2, 0) is 14.3 Å². The Morgan fingerprint density at radius 3 is 2.52 bits per heavy atom. The number of carbonyl (C=O) groups is 1. The Hall–Kier alpha value is -0.790. The lowest BCUT2D eigenvalue weighted by Crippen LogP contribution is -2.42. The van der Waals surface area contributed by atoms with Crippen LogP contribution < -0.4 is 5.32 Å². The molecule has 3 aliphatic rings. The molecule has 23 heavy (non-hydrogen) atoms. The van der Waals surface area contributed by atoms with E-state index in [1.54, 1.807) is 0 Å². The van der Waals surface area contributed by atoms with Crippen LogP contribution >= 0.6 is 0 Å². The van der Waals surface area contributed by atoms with E-state index in [2.05, 4.69) is 10.2 Å². The SMILES string of the molecule is CC1(C)C(CNC(=O)[C@@H]2CC[C@H](CN3CCOCC3)O2)C1(F)F. The first-order chi connectivity index (χ1) is 10.8. The van der Waals surface area contributed by atoms with Crippen LogP contribution in [-0.4, -0.2) is 68.3 Å². The average molecular weight is 332 g/mol. The van der Waals surface area contributed by atoms with Gasteiger partial charge in [-0.05, 0) is 12.8 Å². The highest BCUT2D eigenvalue weighted by molar-refractivity contribution is 5.81. The van der Waals surface area contributed by atoms with Crippen LogP contribution in [0, 0.1) is 11.3 Å². The number of nitrogens with one attached hydrogen (secondary N) is 1. The molecule has 2 saturated heterocycles. The van der Waals surface area contributed by atoms with Gasteiger partial charge in [0, 0.05) is 31.6 Å². The van der Waals surface area contributed by atoms with Crippen LogP contribution in [0.2, 0.25) is 0 Å². The summed E-state index contributed by atoms with van der Waals surface area (Å²) in [6.07, 6.45) is 1.03. The quantitative estimate of drug-likeness (QED) is 0.824. The van der Waals surface area contributed by atoms with Gasteiger partial charge in [0.25, 0.3) is 5.92 Å². The summed E-state index contributed by atoms with van der Waals surface area (Å²) in [5, 5.41) is 2.64. The van der Waals surface area contributed by atoms with Gasteiger partial charge in [-0.2, -0.15) is 0 Å². The summed E-state index contributed by atoms with van der Waals surface area (Å²) in [6, 6.07) is 0. The van der Waals surface area contributed by atoms with Crippen LogP contribution in [0.3, 0.4) is 0 Å². The Morgan fingerprint density at radius 2 is 1.91 bits per heavy atom. The van der Waals surface area contributed by atoms with E-state index in [9.17, 15) is 13.6 Å². The molecule has 0 spiro atoms.